The van der Waals surface area contributed by atoms with E-state index in [1.54, 1.807) is 21.7 Å². The first-order valence-corrected chi connectivity index (χ1v) is 10.8. The van der Waals surface area contributed by atoms with Gasteiger partial charge in [0, 0.05) is 37.2 Å². The summed E-state index contributed by atoms with van der Waals surface area (Å²) in [6.45, 7) is 0.692. The topological polar surface area (TPSA) is 113 Å². The molecule has 0 aliphatic carbocycles. The molecule has 0 spiro atoms. The Morgan fingerprint density at radius 1 is 1.06 bits per heavy atom. The van der Waals surface area contributed by atoms with Crippen LogP contribution in [0.4, 0.5) is 11.4 Å². The third kappa shape index (κ3) is 4.25. The summed E-state index contributed by atoms with van der Waals surface area (Å²) in [5.41, 5.74) is 2.35. The summed E-state index contributed by atoms with van der Waals surface area (Å²) < 4.78 is 1.61. The van der Waals surface area contributed by atoms with Gasteiger partial charge in [-0.3, -0.25) is 14.4 Å². The minimum absolute atomic E-state index is 0.0960. The maximum atomic E-state index is 12.5. The molecule has 3 heterocycles. The molecular weight excluding hydrogens is 420 g/mol. The molecule has 2 amide bonds. The van der Waals surface area contributed by atoms with Crippen LogP contribution in [0.5, 0.6) is 0 Å². The molecule has 33 heavy (non-hydrogen) atoms. The van der Waals surface area contributed by atoms with Gasteiger partial charge in [-0.15, -0.1) is 0 Å². The summed E-state index contributed by atoms with van der Waals surface area (Å²) in [6.07, 6.45) is 3.29. The molecule has 1 aliphatic rings. The van der Waals surface area contributed by atoms with E-state index in [9.17, 15) is 14.4 Å². The first-order valence-electron chi connectivity index (χ1n) is 10.8. The van der Waals surface area contributed by atoms with Crippen LogP contribution in [-0.4, -0.2) is 38.1 Å². The smallest absolute Gasteiger partial charge is 0.262 e. The Morgan fingerprint density at radius 3 is 2.67 bits per heavy atom. The average molecular weight is 442 g/mol. The molecule has 2 N–H and O–H groups in total. The number of H-pyrrole nitrogens is 1. The molecule has 166 valence electrons. The number of aryl methyl sites for hydroxylation is 1. The molecule has 0 unspecified atom stereocenters. The van der Waals surface area contributed by atoms with Crippen molar-refractivity contribution >= 4 is 34.2 Å². The molecule has 0 atom stereocenters. The number of nitrogens with zero attached hydrogens (tertiary/aromatic N) is 4. The number of carbonyl (C=O) groups is 2. The standard InChI is InChI=1S/C24H22N6O3/c31-21(26-16-6-4-9-18(14-16)29-13-5-10-22(29)32)12-11-20-27-23-19(24(33)28-20)15-25-30(23)17-7-2-1-3-8-17/h1-4,6-9,14-15H,5,10-13H2,(H,26,31)(H,27,28,33). The number of amides is 2. The van der Waals surface area contributed by atoms with E-state index in [4.69, 9.17) is 0 Å². The van der Waals surface area contributed by atoms with Crippen molar-refractivity contribution < 1.29 is 9.59 Å². The molecule has 9 heteroatoms. The van der Waals surface area contributed by atoms with E-state index in [0.717, 1.165) is 17.8 Å². The lowest BCUT2D eigenvalue weighted by Crippen LogP contribution is -2.23. The SMILES string of the molecule is O=C(CCc1nc2c(cnn2-c2ccccc2)c(=O)[nH]1)Nc1cccc(N2CCCC2=O)c1. The molecule has 1 aliphatic heterocycles. The number of nitrogens with one attached hydrogen (secondary N) is 2. The van der Waals surface area contributed by atoms with Crippen LogP contribution in [0.1, 0.15) is 25.1 Å². The van der Waals surface area contributed by atoms with Crippen LogP contribution in [0.25, 0.3) is 16.7 Å². The van der Waals surface area contributed by atoms with Gasteiger partial charge in [0.15, 0.2) is 5.65 Å². The maximum absolute atomic E-state index is 12.5. The van der Waals surface area contributed by atoms with Crippen molar-refractivity contribution in [1.29, 1.82) is 0 Å². The fraction of sp³-hybridized carbons (Fsp3) is 0.208. The number of anilines is 2. The summed E-state index contributed by atoms with van der Waals surface area (Å²) >= 11 is 0. The summed E-state index contributed by atoms with van der Waals surface area (Å²) in [5.74, 6) is 0.301. The number of carbonyl (C=O) groups excluding carboxylic acids is 2. The van der Waals surface area contributed by atoms with Gasteiger partial charge in [-0.25, -0.2) is 9.67 Å². The molecule has 1 saturated heterocycles. The van der Waals surface area contributed by atoms with Crippen molar-refractivity contribution in [2.45, 2.75) is 25.7 Å². The zero-order chi connectivity index (χ0) is 22.8. The second-order valence-corrected chi connectivity index (χ2v) is 7.89. The van der Waals surface area contributed by atoms with Crippen molar-refractivity contribution in [3.63, 3.8) is 0 Å². The molecule has 0 bridgehead atoms. The zero-order valence-corrected chi connectivity index (χ0v) is 17.8. The molecule has 2 aromatic carbocycles. The molecule has 1 fully saturated rings. The fourth-order valence-corrected chi connectivity index (χ4v) is 3.97. The summed E-state index contributed by atoms with van der Waals surface area (Å²) in [5, 5.41) is 7.54. The highest BCUT2D eigenvalue weighted by Gasteiger charge is 2.21. The third-order valence-corrected chi connectivity index (χ3v) is 5.59. The van der Waals surface area contributed by atoms with Gasteiger partial charge in [-0.1, -0.05) is 24.3 Å². The normalized spacial score (nSPS) is 13.6. The summed E-state index contributed by atoms with van der Waals surface area (Å²) in [6, 6.07) is 16.7. The molecule has 0 radical (unpaired) electrons. The largest absolute Gasteiger partial charge is 0.326 e. The molecule has 4 aromatic rings. The number of hydrogen-bond acceptors (Lipinski definition) is 5. The predicted molar refractivity (Wildman–Crippen MR) is 124 cm³/mol. The van der Waals surface area contributed by atoms with Crippen LogP contribution in [-0.2, 0) is 16.0 Å². The van der Waals surface area contributed by atoms with E-state index in [-0.39, 0.29) is 30.2 Å². The van der Waals surface area contributed by atoms with Crippen LogP contribution in [0.2, 0.25) is 0 Å². The Labute approximate surface area is 189 Å². The number of aromatic amines is 1. The lowest BCUT2D eigenvalue weighted by Gasteiger charge is -2.16. The van der Waals surface area contributed by atoms with E-state index in [0.29, 0.717) is 35.5 Å². The lowest BCUT2D eigenvalue weighted by atomic mass is 10.2. The molecule has 0 saturated carbocycles. The quantitative estimate of drug-likeness (QED) is 0.477. The highest BCUT2D eigenvalue weighted by Crippen LogP contribution is 2.24. The predicted octanol–water partition coefficient (Wildman–Crippen LogP) is 2.81. The van der Waals surface area contributed by atoms with E-state index >= 15 is 0 Å². The van der Waals surface area contributed by atoms with Gasteiger partial charge in [0.2, 0.25) is 11.8 Å². The van der Waals surface area contributed by atoms with Gasteiger partial charge in [-0.05, 0) is 36.8 Å². The Morgan fingerprint density at radius 2 is 1.88 bits per heavy atom. The second kappa shape index (κ2) is 8.70. The van der Waals surface area contributed by atoms with Crippen molar-refractivity contribution in [2.24, 2.45) is 0 Å². The zero-order valence-electron chi connectivity index (χ0n) is 17.8. The van der Waals surface area contributed by atoms with Gasteiger partial charge >= 0.3 is 0 Å². The Balaban J connectivity index is 1.29. The highest BCUT2D eigenvalue weighted by atomic mass is 16.2. The van der Waals surface area contributed by atoms with Crippen LogP contribution >= 0.6 is 0 Å². The van der Waals surface area contributed by atoms with Crippen molar-refractivity contribution in [1.82, 2.24) is 19.7 Å². The molecular formula is C24H22N6O3. The Bertz CT molecular complexity index is 1390. The minimum Gasteiger partial charge on any atom is -0.326 e. The van der Waals surface area contributed by atoms with Crippen LogP contribution < -0.4 is 15.8 Å². The van der Waals surface area contributed by atoms with Crippen LogP contribution in [0.3, 0.4) is 0 Å². The van der Waals surface area contributed by atoms with Crippen LogP contribution in [0.15, 0.2) is 65.6 Å². The summed E-state index contributed by atoms with van der Waals surface area (Å²) in [7, 11) is 0. The maximum Gasteiger partial charge on any atom is 0.262 e. The Kier molecular flexibility index (Phi) is 5.43. The first-order chi connectivity index (χ1) is 16.1. The van der Waals surface area contributed by atoms with Crippen molar-refractivity contribution in [3.8, 4) is 5.69 Å². The van der Waals surface area contributed by atoms with Crippen LogP contribution in [0, 0.1) is 0 Å². The van der Waals surface area contributed by atoms with E-state index in [1.165, 1.54) is 6.20 Å². The van der Waals surface area contributed by atoms with Crippen molar-refractivity contribution in [2.75, 3.05) is 16.8 Å². The van der Waals surface area contributed by atoms with Gasteiger partial charge in [0.05, 0.1) is 11.9 Å². The molecule has 5 rings (SSSR count). The number of rotatable bonds is 6. The Hall–Kier alpha value is -4.27. The molecule has 9 nitrogen and oxygen atoms in total. The van der Waals surface area contributed by atoms with Crippen molar-refractivity contribution in [3.05, 3.63) is 77.0 Å². The first kappa shape index (κ1) is 20.6. The number of para-hydroxylation sites is 1. The van der Waals surface area contributed by atoms with Gasteiger partial charge in [0.1, 0.15) is 11.2 Å². The fourth-order valence-electron chi connectivity index (χ4n) is 3.97. The third-order valence-electron chi connectivity index (χ3n) is 5.59. The average Bonchev–Trinajstić information content (AvgIpc) is 3.45. The highest BCUT2D eigenvalue weighted by molar-refractivity contribution is 5.97. The molecule has 2 aromatic heterocycles. The number of benzene rings is 2. The number of aromatic nitrogens is 4. The number of fused-ring (bicyclic) bond motifs is 1. The van der Waals surface area contributed by atoms with E-state index in [1.807, 2.05) is 42.5 Å². The second-order valence-electron chi connectivity index (χ2n) is 7.89. The van der Waals surface area contributed by atoms with E-state index in [2.05, 4.69) is 20.4 Å². The van der Waals surface area contributed by atoms with Gasteiger partial charge in [0.25, 0.3) is 5.56 Å². The summed E-state index contributed by atoms with van der Waals surface area (Å²) in [4.78, 5) is 46.0. The van der Waals surface area contributed by atoms with Gasteiger partial charge in [-0.2, -0.15) is 5.10 Å². The van der Waals surface area contributed by atoms with E-state index < -0.39 is 0 Å². The minimum atomic E-state index is -0.291. The van der Waals surface area contributed by atoms with Gasteiger partial charge < -0.3 is 15.2 Å². The monoisotopic (exact) mass is 442 g/mol. The lowest BCUT2D eigenvalue weighted by molar-refractivity contribution is -0.117. The number of hydrogen-bond donors (Lipinski definition) is 2.